The molecule has 0 bridgehead atoms. The maximum Gasteiger partial charge on any atom is 0.115 e. The summed E-state index contributed by atoms with van der Waals surface area (Å²) < 4.78 is 34.2. The molecule has 4 heterocycles. The first-order valence-electron chi connectivity index (χ1n) is 24.7. The van der Waals surface area contributed by atoms with E-state index in [9.17, 15) is 10.2 Å². The van der Waals surface area contributed by atoms with Gasteiger partial charge in [-0.15, -0.1) is 0 Å². The van der Waals surface area contributed by atoms with Crippen LogP contribution in [0, 0.1) is 0 Å². The Hall–Kier alpha value is -0.320. The van der Waals surface area contributed by atoms with Crippen molar-refractivity contribution in [3.63, 3.8) is 0 Å². The third kappa shape index (κ3) is 22.3. The number of ether oxygens (including phenoxy) is 6. The summed E-state index contributed by atoms with van der Waals surface area (Å²) in [6.45, 7) is 8.03. The van der Waals surface area contributed by atoms with Crippen molar-refractivity contribution in [1.82, 2.24) is 0 Å². The zero-order valence-corrected chi connectivity index (χ0v) is 36.8. The molecule has 4 aliphatic heterocycles. The van der Waals surface area contributed by atoms with Gasteiger partial charge >= 0.3 is 0 Å². The summed E-state index contributed by atoms with van der Waals surface area (Å²) in [7, 11) is 0. The summed E-state index contributed by atoms with van der Waals surface area (Å²) in [4.78, 5) is 0. The van der Waals surface area contributed by atoms with Gasteiger partial charge in [0.1, 0.15) is 48.8 Å². The van der Waals surface area contributed by atoms with Gasteiger partial charge in [-0.1, -0.05) is 206 Å². The SMILES string of the molecule is CCCCCCCCCCCCCCCCCCO[C@@H]1CO[C@H]2[C@@H]1OC[C@@H]2O.CCCCCCCCCCCCCCCCCCO[C@H]1CO[C@H]2[C@@H]1OC[C@H]2O. The Kier molecular flexibility index (Phi) is 30.7. The first-order chi connectivity index (χ1) is 27.7. The van der Waals surface area contributed by atoms with Crippen LogP contribution in [0.3, 0.4) is 0 Å². The highest BCUT2D eigenvalue weighted by Crippen LogP contribution is 2.30. The lowest BCUT2D eigenvalue weighted by Gasteiger charge is -2.16. The molecule has 0 spiro atoms. The second-order valence-electron chi connectivity index (χ2n) is 17.8. The van der Waals surface area contributed by atoms with Crippen LogP contribution in [0.15, 0.2) is 0 Å². The van der Waals surface area contributed by atoms with E-state index < -0.39 is 12.2 Å². The molecule has 8 heteroatoms. The zero-order valence-electron chi connectivity index (χ0n) is 36.8. The Bertz CT molecular complexity index is 793. The Balaban J connectivity index is 0.000000300. The van der Waals surface area contributed by atoms with Gasteiger partial charge in [-0.3, -0.25) is 0 Å². The minimum atomic E-state index is -0.478. The monoisotopic (exact) mass is 797 g/mol. The molecule has 4 saturated heterocycles. The second-order valence-corrected chi connectivity index (χ2v) is 17.8. The predicted molar refractivity (Wildman–Crippen MR) is 230 cm³/mol. The Labute approximate surface area is 345 Å². The largest absolute Gasteiger partial charge is 0.388 e. The van der Waals surface area contributed by atoms with Gasteiger partial charge in [-0.2, -0.15) is 0 Å². The molecular formula is C48H92O8. The number of hydrogen-bond acceptors (Lipinski definition) is 8. The fourth-order valence-electron chi connectivity index (χ4n) is 8.94. The molecule has 4 rings (SSSR count). The Morgan fingerprint density at radius 2 is 0.554 bits per heavy atom. The second kappa shape index (κ2) is 34.4. The van der Waals surface area contributed by atoms with Gasteiger partial charge in [0.05, 0.1) is 26.4 Å². The topological polar surface area (TPSA) is 95.8 Å². The molecule has 2 N–H and O–H groups in total. The van der Waals surface area contributed by atoms with Crippen molar-refractivity contribution in [1.29, 1.82) is 0 Å². The molecular weight excluding hydrogens is 705 g/mol. The molecule has 0 aromatic heterocycles. The van der Waals surface area contributed by atoms with Crippen LogP contribution in [0.1, 0.15) is 219 Å². The smallest absolute Gasteiger partial charge is 0.115 e. The summed E-state index contributed by atoms with van der Waals surface area (Å²) in [5.74, 6) is 0. The first-order valence-corrected chi connectivity index (χ1v) is 24.7. The van der Waals surface area contributed by atoms with E-state index in [1.54, 1.807) is 0 Å². The van der Waals surface area contributed by atoms with Gasteiger partial charge in [0.25, 0.3) is 0 Å². The van der Waals surface area contributed by atoms with Gasteiger partial charge < -0.3 is 38.6 Å². The Morgan fingerprint density at radius 1 is 0.321 bits per heavy atom. The summed E-state index contributed by atoms with van der Waals surface area (Å²) in [6, 6.07) is 0. The van der Waals surface area contributed by atoms with Crippen LogP contribution in [-0.4, -0.2) is 98.7 Å². The number of rotatable bonds is 36. The normalized spacial score (nSPS) is 26.8. The van der Waals surface area contributed by atoms with Crippen molar-refractivity contribution >= 4 is 0 Å². The van der Waals surface area contributed by atoms with Crippen molar-refractivity contribution in [2.75, 3.05) is 39.6 Å². The van der Waals surface area contributed by atoms with Crippen LogP contribution in [0.4, 0.5) is 0 Å². The van der Waals surface area contributed by atoms with Crippen LogP contribution >= 0.6 is 0 Å². The van der Waals surface area contributed by atoms with Crippen molar-refractivity contribution in [3.8, 4) is 0 Å². The van der Waals surface area contributed by atoms with E-state index in [1.807, 2.05) is 0 Å². The number of hydrogen-bond donors (Lipinski definition) is 2. The number of fused-ring (bicyclic) bond motifs is 2. The van der Waals surface area contributed by atoms with E-state index in [0.717, 1.165) is 26.1 Å². The van der Waals surface area contributed by atoms with Crippen LogP contribution in [-0.2, 0) is 28.4 Å². The van der Waals surface area contributed by atoms with E-state index >= 15 is 0 Å². The van der Waals surface area contributed by atoms with E-state index in [0.29, 0.717) is 26.4 Å². The fourth-order valence-corrected chi connectivity index (χ4v) is 8.94. The summed E-state index contributed by atoms with van der Waals surface area (Å²) >= 11 is 0. The maximum atomic E-state index is 9.73. The lowest BCUT2D eigenvalue weighted by molar-refractivity contribution is -0.0378. The standard InChI is InChI=1S/2C24H46O4/c2*1-2-3-4-5-6-7-8-9-10-11-12-13-14-15-16-17-18-26-22-20-28-23-21(25)19-27-24(22)23/h2*21-25H,2-20H2,1H3/t21-,22+,23+,24+;21-,22+,23-,24-/m01/s1. The molecule has 0 radical (unpaired) electrons. The van der Waals surface area contributed by atoms with Gasteiger partial charge in [0, 0.05) is 13.2 Å². The van der Waals surface area contributed by atoms with Crippen molar-refractivity contribution in [2.24, 2.45) is 0 Å². The molecule has 0 aliphatic carbocycles. The Morgan fingerprint density at radius 3 is 0.821 bits per heavy atom. The number of unbranched alkanes of at least 4 members (excludes halogenated alkanes) is 30. The molecule has 0 saturated carbocycles. The van der Waals surface area contributed by atoms with E-state index in [-0.39, 0.29) is 36.6 Å². The van der Waals surface area contributed by atoms with E-state index in [1.165, 1.54) is 193 Å². The summed E-state index contributed by atoms with van der Waals surface area (Å²) in [5.41, 5.74) is 0. The van der Waals surface area contributed by atoms with E-state index in [2.05, 4.69) is 13.8 Å². The van der Waals surface area contributed by atoms with Gasteiger partial charge in [-0.25, -0.2) is 0 Å². The summed E-state index contributed by atoms with van der Waals surface area (Å²) in [5, 5.41) is 19.5. The van der Waals surface area contributed by atoms with Crippen LogP contribution in [0.5, 0.6) is 0 Å². The van der Waals surface area contributed by atoms with Crippen LogP contribution in [0.2, 0.25) is 0 Å². The lowest BCUT2D eigenvalue weighted by Crippen LogP contribution is -2.33. The van der Waals surface area contributed by atoms with Crippen LogP contribution in [0.25, 0.3) is 0 Å². The number of aliphatic hydroxyl groups excluding tert-OH is 2. The van der Waals surface area contributed by atoms with Crippen molar-refractivity contribution in [3.05, 3.63) is 0 Å². The average Bonchev–Trinajstić information content (AvgIpc) is 3.99. The molecule has 0 unspecified atom stereocenters. The molecule has 0 amide bonds. The number of aliphatic hydroxyl groups is 2. The molecule has 8 nitrogen and oxygen atoms in total. The van der Waals surface area contributed by atoms with Gasteiger partial charge in [0.2, 0.25) is 0 Å². The maximum absolute atomic E-state index is 9.73. The quantitative estimate of drug-likeness (QED) is 0.0605. The lowest BCUT2D eigenvalue weighted by atomic mass is 10.0. The average molecular weight is 797 g/mol. The predicted octanol–water partition coefficient (Wildman–Crippen LogP) is 11.6. The summed E-state index contributed by atoms with van der Waals surface area (Å²) in [6.07, 6.45) is 43.0. The fraction of sp³-hybridized carbons (Fsp3) is 1.00. The third-order valence-electron chi connectivity index (χ3n) is 12.6. The van der Waals surface area contributed by atoms with Crippen molar-refractivity contribution < 1.29 is 38.6 Å². The molecule has 4 fully saturated rings. The van der Waals surface area contributed by atoms with Crippen LogP contribution < -0.4 is 0 Å². The highest BCUT2D eigenvalue weighted by Gasteiger charge is 2.48. The van der Waals surface area contributed by atoms with Gasteiger partial charge in [0.15, 0.2) is 0 Å². The minimum Gasteiger partial charge on any atom is -0.388 e. The zero-order chi connectivity index (χ0) is 39.7. The minimum absolute atomic E-state index is 0.0125. The van der Waals surface area contributed by atoms with Crippen molar-refractivity contribution in [2.45, 2.75) is 268 Å². The molecule has 8 atom stereocenters. The highest BCUT2D eigenvalue weighted by atomic mass is 16.6. The van der Waals surface area contributed by atoms with Gasteiger partial charge in [-0.05, 0) is 12.8 Å². The third-order valence-corrected chi connectivity index (χ3v) is 12.6. The van der Waals surface area contributed by atoms with E-state index in [4.69, 9.17) is 28.4 Å². The molecule has 332 valence electrons. The molecule has 56 heavy (non-hydrogen) atoms. The molecule has 4 aliphatic rings. The molecule has 0 aromatic rings. The molecule has 0 aromatic carbocycles. The highest BCUT2D eigenvalue weighted by molar-refractivity contribution is 4.95. The first kappa shape index (κ1) is 50.0.